The summed E-state index contributed by atoms with van der Waals surface area (Å²) in [5.74, 6) is 1.30. The first-order chi connectivity index (χ1) is 7.77. The Morgan fingerprint density at radius 2 is 2.31 bits per heavy atom. The van der Waals surface area contributed by atoms with Crippen LogP contribution in [-0.2, 0) is 11.3 Å². The topological polar surface area (TPSA) is 29.1 Å². The van der Waals surface area contributed by atoms with Crippen LogP contribution in [0, 0.1) is 0 Å². The Hall–Kier alpha value is -0.480. The van der Waals surface area contributed by atoms with Gasteiger partial charge in [0.05, 0.1) is 5.25 Å². The average Bonchev–Trinajstić information content (AvgIpc) is 2.81. The van der Waals surface area contributed by atoms with Gasteiger partial charge >= 0.3 is 0 Å². The number of benzene rings is 1. The molecule has 2 nitrogen and oxygen atoms in total. The van der Waals surface area contributed by atoms with E-state index in [2.05, 4.69) is 21.2 Å². The molecule has 1 atom stereocenters. The molecule has 1 aliphatic rings. The van der Waals surface area contributed by atoms with E-state index < -0.39 is 0 Å². The van der Waals surface area contributed by atoms with Gasteiger partial charge in [-0.05, 0) is 30.2 Å². The van der Waals surface area contributed by atoms with Crippen molar-refractivity contribution in [2.24, 2.45) is 0 Å². The highest BCUT2D eigenvalue weighted by molar-refractivity contribution is 9.10. The van der Waals surface area contributed by atoms with E-state index in [4.69, 9.17) is 0 Å². The highest BCUT2D eigenvalue weighted by Gasteiger charge is 2.22. The molecule has 0 aliphatic carbocycles. The first-order valence-electron chi connectivity index (χ1n) is 5.40. The number of nitrogens with one attached hydrogen (secondary N) is 1. The summed E-state index contributed by atoms with van der Waals surface area (Å²) in [5, 5.41) is 3.16. The van der Waals surface area contributed by atoms with Crippen LogP contribution >= 0.6 is 27.7 Å². The third kappa shape index (κ3) is 3.01. The van der Waals surface area contributed by atoms with Gasteiger partial charge in [0.2, 0.25) is 5.91 Å². The van der Waals surface area contributed by atoms with Crippen molar-refractivity contribution in [1.29, 1.82) is 0 Å². The Bertz CT molecular complexity index is 377. The summed E-state index contributed by atoms with van der Waals surface area (Å²) in [7, 11) is 0. The summed E-state index contributed by atoms with van der Waals surface area (Å²) in [4.78, 5) is 11.8. The second-order valence-corrected chi connectivity index (χ2v) is 5.98. The van der Waals surface area contributed by atoms with Crippen LogP contribution in [0.1, 0.15) is 18.4 Å². The highest BCUT2D eigenvalue weighted by atomic mass is 79.9. The third-order valence-corrected chi connectivity index (χ3v) is 4.78. The van der Waals surface area contributed by atoms with E-state index in [0.717, 1.165) is 28.6 Å². The van der Waals surface area contributed by atoms with Crippen LogP contribution in [0.3, 0.4) is 0 Å². The van der Waals surface area contributed by atoms with Crippen molar-refractivity contribution in [1.82, 2.24) is 5.32 Å². The molecule has 0 bridgehead atoms. The first kappa shape index (κ1) is 12.0. The van der Waals surface area contributed by atoms with Crippen LogP contribution in [-0.4, -0.2) is 16.9 Å². The van der Waals surface area contributed by atoms with E-state index in [1.165, 1.54) is 0 Å². The predicted octanol–water partition coefficient (Wildman–Crippen LogP) is 2.96. The molecule has 1 amide bonds. The van der Waals surface area contributed by atoms with Gasteiger partial charge < -0.3 is 5.32 Å². The minimum atomic E-state index is 0.169. The molecule has 0 spiro atoms. The van der Waals surface area contributed by atoms with E-state index in [1.807, 2.05) is 24.3 Å². The van der Waals surface area contributed by atoms with Crippen LogP contribution in [0.2, 0.25) is 0 Å². The molecular formula is C12H14BrNOS. The zero-order chi connectivity index (χ0) is 11.4. The van der Waals surface area contributed by atoms with Crippen LogP contribution in [0.25, 0.3) is 0 Å². The molecule has 1 fully saturated rings. The van der Waals surface area contributed by atoms with Crippen molar-refractivity contribution in [2.75, 3.05) is 5.75 Å². The Morgan fingerprint density at radius 3 is 3.00 bits per heavy atom. The standard InChI is InChI=1S/C12H14BrNOS/c13-10-5-2-1-4-9(10)8-14-12(15)11-6-3-7-16-11/h1-2,4-5,11H,3,6-8H2,(H,14,15). The van der Waals surface area contributed by atoms with Crippen molar-refractivity contribution in [3.05, 3.63) is 34.3 Å². The molecule has 86 valence electrons. The maximum absolute atomic E-state index is 11.8. The monoisotopic (exact) mass is 299 g/mol. The summed E-state index contributed by atoms with van der Waals surface area (Å²) in [6.45, 7) is 0.608. The number of amides is 1. The lowest BCUT2D eigenvalue weighted by Gasteiger charge is -2.10. The Morgan fingerprint density at radius 1 is 1.50 bits per heavy atom. The van der Waals surface area contributed by atoms with E-state index in [0.29, 0.717) is 6.54 Å². The summed E-state index contributed by atoms with van der Waals surface area (Å²) in [6.07, 6.45) is 2.18. The van der Waals surface area contributed by atoms with Gasteiger partial charge in [-0.25, -0.2) is 0 Å². The van der Waals surface area contributed by atoms with Crippen molar-refractivity contribution >= 4 is 33.6 Å². The molecule has 0 saturated carbocycles. The van der Waals surface area contributed by atoms with Crippen molar-refractivity contribution in [2.45, 2.75) is 24.6 Å². The molecule has 1 saturated heterocycles. The zero-order valence-electron chi connectivity index (χ0n) is 8.91. The lowest BCUT2D eigenvalue weighted by molar-refractivity contribution is -0.120. The van der Waals surface area contributed by atoms with Gasteiger partial charge in [-0.1, -0.05) is 34.1 Å². The average molecular weight is 300 g/mol. The quantitative estimate of drug-likeness (QED) is 0.930. The van der Waals surface area contributed by atoms with E-state index in [1.54, 1.807) is 11.8 Å². The molecule has 1 aromatic rings. The smallest absolute Gasteiger partial charge is 0.233 e. The normalized spacial score (nSPS) is 19.7. The SMILES string of the molecule is O=C(NCc1ccccc1Br)C1CCCS1. The summed E-state index contributed by atoms with van der Waals surface area (Å²) >= 11 is 5.24. The van der Waals surface area contributed by atoms with Crippen LogP contribution < -0.4 is 5.32 Å². The van der Waals surface area contributed by atoms with Gasteiger partial charge in [-0.2, -0.15) is 0 Å². The molecule has 1 N–H and O–H groups in total. The van der Waals surface area contributed by atoms with Crippen molar-refractivity contribution < 1.29 is 4.79 Å². The fourth-order valence-corrected chi connectivity index (χ4v) is 3.33. The van der Waals surface area contributed by atoms with Gasteiger partial charge in [0.1, 0.15) is 0 Å². The van der Waals surface area contributed by atoms with Gasteiger partial charge in [-0.15, -0.1) is 11.8 Å². The van der Waals surface area contributed by atoms with Gasteiger partial charge in [0, 0.05) is 11.0 Å². The fraction of sp³-hybridized carbons (Fsp3) is 0.417. The van der Waals surface area contributed by atoms with Gasteiger partial charge in [0.25, 0.3) is 0 Å². The molecular weight excluding hydrogens is 286 g/mol. The fourth-order valence-electron chi connectivity index (χ4n) is 1.72. The number of halogens is 1. The second kappa shape index (κ2) is 5.73. The first-order valence-corrected chi connectivity index (χ1v) is 7.24. The zero-order valence-corrected chi connectivity index (χ0v) is 11.3. The molecule has 1 unspecified atom stereocenters. The molecule has 0 aromatic heterocycles. The predicted molar refractivity (Wildman–Crippen MR) is 71.5 cm³/mol. The summed E-state index contributed by atoms with van der Waals surface area (Å²) in [5.41, 5.74) is 1.12. The molecule has 1 aromatic carbocycles. The van der Waals surface area contributed by atoms with E-state index in [9.17, 15) is 4.79 Å². The third-order valence-electron chi connectivity index (χ3n) is 2.63. The lowest BCUT2D eigenvalue weighted by Crippen LogP contribution is -2.30. The number of thioether (sulfide) groups is 1. The molecule has 1 aliphatic heterocycles. The van der Waals surface area contributed by atoms with Crippen LogP contribution in [0.5, 0.6) is 0 Å². The number of carbonyl (C=O) groups is 1. The van der Waals surface area contributed by atoms with E-state index >= 15 is 0 Å². The molecule has 4 heteroatoms. The van der Waals surface area contributed by atoms with E-state index in [-0.39, 0.29) is 11.2 Å². The molecule has 0 radical (unpaired) electrons. The van der Waals surface area contributed by atoms with Crippen LogP contribution in [0.4, 0.5) is 0 Å². The van der Waals surface area contributed by atoms with Crippen LogP contribution in [0.15, 0.2) is 28.7 Å². The summed E-state index contributed by atoms with van der Waals surface area (Å²) in [6, 6.07) is 7.97. The maximum Gasteiger partial charge on any atom is 0.233 e. The van der Waals surface area contributed by atoms with Gasteiger partial charge in [-0.3, -0.25) is 4.79 Å². The molecule has 16 heavy (non-hydrogen) atoms. The van der Waals surface area contributed by atoms with Gasteiger partial charge in [0.15, 0.2) is 0 Å². The Kier molecular flexibility index (Phi) is 4.29. The minimum Gasteiger partial charge on any atom is -0.351 e. The maximum atomic E-state index is 11.8. The Balaban J connectivity index is 1.87. The number of hydrogen-bond acceptors (Lipinski definition) is 2. The highest BCUT2D eigenvalue weighted by Crippen LogP contribution is 2.26. The second-order valence-electron chi connectivity index (χ2n) is 3.81. The van der Waals surface area contributed by atoms with Crippen molar-refractivity contribution in [3.63, 3.8) is 0 Å². The number of hydrogen-bond donors (Lipinski definition) is 1. The van der Waals surface area contributed by atoms with Crippen molar-refractivity contribution in [3.8, 4) is 0 Å². The number of carbonyl (C=O) groups excluding carboxylic acids is 1. The molecule has 2 rings (SSSR count). The minimum absolute atomic E-state index is 0.169. The molecule has 1 heterocycles. The number of rotatable bonds is 3. The largest absolute Gasteiger partial charge is 0.351 e. The Labute approximate surface area is 108 Å². The lowest BCUT2D eigenvalue weighted by atomic mass is 10.2. The summed E-state index contributed by atoms with van der Waals surface area (Å²) < 4.78 is 1.05.